The predicted molar refractivity (Wildman–Crippen MR) is 78.3 cm³/mol. The number of anilines is 1. The minimum Gasteiger partial charge on any atom is -0.371 e. The Kier molecular flexibility index (Phi) is 4.32. The number of hydrogen-bond acceptors (Lipinski definition) is 5. The Morgan fingerprint density at radius 3 is 2.67 bits per heavy atom. The van der Waals surface area contributed by atoms with Gasteiger partial charge in [-0.05, 0) is 20.3 Å². The Morgan fingerprint density at radius 1 is 1.38 bits per heavy atom. The van der Waals surface area contributed by atoms with Crippen molar-refractivity contribution in [1.29, 1.82) is 0 Å². The molecule has 1 saturated heterocycles. The fourth-order valence-electron chi connectivity index (χ4n) is 2.15. The van der Waals surface area contributed by atoms with Crippen LogP contribution >= 0.6 is 11.6 Å². The van der Waals surface area contributed by atoms with Crippen LogP contribution in [0.1, 0.15) is 32.7 Å². The van der Waals surface area contributed by atoms with Gasteiger partial charge in [0.15, 0.2) is 0 Å². The highest BCUT2D eigenvalue weighted by Crippen LogP contribution is 2.21. The van der Waals surface area contributed by atoms with Gasteiger partial charge in [0.2, 0.25) is 5.91 Å². The number of hydrogen-bond donors (Lipinski definition) is 1. The second-order valence-corrected chi connectivity index (χ2v) is 5.62. The summed E-state index contributed by atoms with van der Waals surface area (Å²) in [4.78, 5) is 36.6. The van der Waals surface area contributed by atoms with Crippen LogP contribution in [0.5, 0.6) is 0 Å². The number of carbonyl (C=O) groups excluding carboxylic acids is 2. The fraction of sp³-hybridized carbons (Fsp3) is 0.538. The molecule has 1 N–H and O–H groups in total. The van der Waals surface area contributed by atoms with Crippen molar-refractivity contribution in [2.24, 2.45) is 0 Å². The molecule has 21 heavy (non-hydrogen) atoms. The van der Waals surface area contributed by atoms with Crippen LogP contribution in [0.4, 0.5) is 5.69 Å². The van der Waals surface area contributed by atoms with Crippen LogP contribution in [0.15, 0.2) is 11.0 Å². The van der Waals surface area contributed by atoms with Gasteiger partial charge < -0.3 is 5.32 Å². The Morgan fingerprint density at radius 2 is 2.05 bits per heavy atom. The monoisotopic (exact) mass is 312 g/mol. The van der Waals surface area contributed by atoms with Gasteiger partial charge in [-0.25, -0.2) is 4.68 Å². The summed E-state index contributed by atoms with van der Waals surface area (Å²) >= 11 is 6.05. The van der Waals surface area contributed by atoms with Gasteiger partial charge in [0, 0.05) is 13.5 Å². The molecule has 2 heterocycles. The highest BCUT2D eigenvalue weighted by Gasteiger charge is 2.32. The number of nitrogens with one attached hydrogen (secondary N) is 1. The van der Waals surface area contributed by atoms with E-state index in [1.54, 1.807) is 0 Å². The summed E-state index contributed by atoms with van der Waals surface area (Å²) in [7, 11) is 1.44. The third-order valence-electron chi connectivity index (χ3n) is 3.41. The summed E-state index contributed by atoms with van der Waals surface area (Å²) in [5.41, 5.74) is -0.107. The first-order valence-electron chi connectivity index (χ1n) is 6.67. The lowest BCUT2D eigenvalue weighted by atomic mass is 10.0. The molecule has 1 unspecified atom stereocenters. The van der Waals surface area contributed by atoms with Gasteiger partial charge in [0.1, 0.15) is 11.1 Å². The number of halogens is 1. The van der Waals surface area contributed by atoms with E-state index in [4.69, 9.17) is 11.6 Å². The molecule has 1 aromatic rings. The number of rotatable bonds is 3. The van der Waals surface area contributed by atoms with Gasteiger partial charge >= 0.3 is 0 Å². The molecule has 1 aromatic heterocycles. The summed E-state index contributed by atoms with van der Waals surface area (Å²) in [5.74, 6) is -0.548. The van der Waals surface area contributed by atoms with Crippen molar-refractivity contribution in [1.82, 2.24) is 14.7 Å². The van der Waals surface area contributed by atoms with Crippen molar-refractivity contribution >= 4 is 29.1 Å². The van der Waals surface area contributed by atoms with Crippen molar-refractivity contribution in [3.63, 3.8) is 0 Å². The largest absolute Gasteiger partial charge is 0.371 e. The normalized spacial score (nSPS) is 19.3. The lowest BCUT2D eigenvalue weighted by molar-refractivity contribution is -0.146. The summed E-state index contributed by atoms with van der Waals surface area (Å²) < 4.78 is 1.27. The molecule has 0 bridgehead atoms. The van der Waals surface area contributed by atoms with Crippen LogP contribution in [-0.2, 0) is 9.59 Å². The van der Waals surface area contributed by atoms with E-state index in [9.17, 15) is 14.4 Å². The third-order valence-corrected chi connectivity index (χ3v) is 3.78. The number of aromatic nitrogens is 2. The second kappa shape index (κ2) is 5.85. The van der Waals surface area contributed by atoms with Gasteiger partial charge in [-0.2, -0.15) is 5.10 Å². The Hall–Kier alpha value is -1.89. The van der Waals surface area contributed by atoms with Crippen LogP contribution in [0.2, 0.25) is 5.02 Å². The molecule has 1 aliphatic rings. The fourth-order valence-corrected chi connectivity index (χ4v) is 2.34. The van der Waals surface area contributed by atoms with E-state index in [0.29, 0.717) is 12.1 Å². The molecule has 0 aromatic carbocycles. The molecule has 0 saturated carbocycles. The molecule has 2 rings (SSSR count). The molecule has 0 radical (unpaired) electrons. The Labute approximate surface area is 126 Å². The number of imide groups is 1. The molecule has 8 heteroatoms. The second-order valence-electron chi connectivity index (χ2n) is 5.24. The highest BCUT2D eigenvalue weighted by molar-refractivity contribution is 6.33. The third kappa shape index (κ3) is 2.92. The zero-order valence-corrected chi connectivity index (χ0v) is 12.8. The highest BCUT2D eigenvalue weighted by atomic mass is 35.5. The van der Waals surface area contributed by atoms with Gasteiger partial charge in [-0.15, -0.1) is 0 Å². The van der Waals surface area contributed by atoms with E-state index in [2.05, 4.69) is 10.4 Å². The number of nitrogens with zero attached hydrogens (tertiary/aromatic N) is 3. The first-order valence-corrected chi connectivity index (χ1v) is 7.05. The van der Waals surface area contributed by atoms with Crippen LogP contribution in [-0.4, -0.2) is 39.6 Å². The lowest BCUT2D eigenvalue weighted by Crippen LogP contribution is -2.48. The van der Waals surface area contributed by atoms with Crippen molar-refractivity contribution < 1.29 is 9.59 Å². The van der Waals surface area contributed by atoms with E-state index in [-0.39, 0.29) is 29.3 Å². The number of carbonyl (C=O) groups is 2. The van der Waals surface area contributed by atoms with Crippen LogP contribution in [0, 0.1) is 0 Å². The smallest absolute Gasteiger partial charge is 0.287 e. The Balaban J connectivity index is 2.25. The molecule has 1 atom stereocenters. The van der Waals surface area contributed by atoms with Crippen molar-refractivity contribution in [2.75, 3.05) is 12.4 Å². The number of amides is 2. The Bertz CT molecular complexity index is 641. The molecular weight excluding hydrogens is 296 g/mol. The first kappa shape index (κ1) is 15.5. The van der Waals surface area contributed by atoms with Gasteiger partial charge in [0.05, 0.1) is 17.9 Å². The SMILES string of the molecule is CC(C)n1ncc(NC2CCC(=O)N(C)C2=O)c(Cl)c1=O. The minimum absolute atomic E-state index is 0.00828. The number of likely N-dealkylation sites (tertiary alicyclic amines) is 1. The van der Waals surface area contributed by atoms with Gasteiger partial charge in [-0.1, -0.05) is 11.6 Å². The van der Waals surface area contributed by atoms with Gasteiger partial charge in [-0.3, -0.25) is 19.3 Å². The van der Waals surface area contributed by atoms with Crippen molar-refractivity contribution in [3.05, 3.63) is 21.6 Å². The molecule has 7 nitrogen and oxygen atoms in total. The first-order chi connectivity index (χ1) is 9.82. The quantitative estimate of drug-likeness (QED) is 0.843. The maximum Gasteiger partial charge on any atom is 0.287 e. The summed E-state index contributed by atoms with van der Waals surface area (Å²) in [6.07, 6.45) is 2.06. The van der Waals surface area contributed by atoms with Crippen molar-refractivity contribution in [2.45, 2.75) is 38.8 Å². The molecule has 114 valence electrons. The maximum atomic E-state index is 12.0. The zero-order valence-electron chi connectivity index (χ0n) is 12.1. The van der Waals surface area contributed by atoms with Crippen LogP contribution in [0.25, 0.3) is 0 Å². The van der Waals surface area contributed by atoms with Crippen molar-refractivity contribution in [3.8, 4) is 0 Å². The average molecular weight is 313 g/mol. The molecule has 1 fully saturated rings. The minimum atomic E-state index is -0.582. The summed E-state index contributed by atoms with van der Waals surface area (Å²) in [6.45, 7) is 3.64. The topological polar surface area (TPSA) is 84.3 Å². The van der Waals surface area contributed by atoms with E-state index in [0.717, 1.165) is 4.90 Å². The molecular formula is C13H17ClN4O3. The van der Waals surface area contributed by atoms with E-state index in [1.807, 2.05) is 13.8 Å². The number of piperidine rings is 1. The lowest BCUT2D eigenvalue weighted by Gasteiger charge is -2.29. The van der Waals surface area contributed by atoms with Gasteiger partial charge in [0.25, 0.3) is 11.5 Å². The summed E-state index contributed by atoms with van der Waals surface area (Å²) in [6, 6.07) is -0.689. The molecule has 1 aliphatic heterocycles. The summed E-state index contributed by atoms with van der Waals surface area (Å²) in [5, 5.41) is 6.93. The zero-order chi connectivity index (χ0) is 15.7. The van der Waals surface area contributed by atoms with E-state index >= 15 is 0 Å². The van der Waals surface area contributed by atoms with E-state index in [1.165, 1.54) is 17.9 Å². The molecule has 0 aliphatic carbocycles. The van der Waals surface area contributed by atoms with Crippen LogP contribution < -0.4 is 10.9 Å². The van der Waals surface area contributed by atoms with Crippen LogP contribution in [0.3, 0.4) is 0 Å². The predicted octanol–water partition coefficient (Wildman–Crippen LogP) is 1.04. The molecule has 2 amide bonds. The standard InChI is InChI=1S/C13H17ClN4O3/c1-7(2)18-13(21)11(14)9(6-15-18)16-8-4-5-10(19)17(3)12(8)20/h6-8,16H,4-5H2,1-3H3. The maximum absolute atomic E-state index is 12.0. The molecule has 0 spiro atoms. The number of likely N-dealkylation sites (N-methyl/N-ethyl adjacent to an activating group) is 1. The van der Waals surface area contributed by atoms with E-state index < -0.39 is 11.6 Å². The average Bonchev–Trinajstić information content (AvgIpc) is 2.44.